The van der Waals surface area contributed by atoms with E-state index in [0.29, 0.717) is 0 Å². The van der Waals surface area contributed by atoms with Gasteiger partial charge in [-0.3, -0.25) is 9.48 Å². The van der Waals surface area contributed by atoms with E-state index < -0.39 is 29.4 Å². The van der Waals surface area contributed by atoms with Crippen molar-refractivity contribution < 1.29 is 23.1 Å². The third-order valence-corrected chi connectivity index (χ3v) is 2.41. The van der Waals surface area contributed by atoms with Gasteiger partial charge in [0, 0.05) is 6.54 Å². The highest BCUT2D eigenvalue weighted by molar-refractivity contribution is 6.32. The molecule has 0 saturated heterocycles. The summed E-state index contributed by atoms with van der Waals surface area (Å²) in [4.78, 5) is 12.1. The van der Waals surface area contributed by atoms with Gasteiger partial charge in [-0.05, 0) is 14.1 Å². The molecule has 1 heterocycles. The van der Waals surface area contributed by atoms with Crippen LogP contribution in [0.15, 0.2) is 0 Å². The van der Waals surface area contributed by atoms with Crippen LogP contribution in [0.3, 0.4) is 0 Å². The van der Waals surface area contributed by atoms with Crippen molar-refractivity contribution in [2.45, 2.75) is 19.3 Å². The van der Waals surface area contributed by atoms with Gasteiger partial charge in [0.25, 0.3) is 0 Å². The van der Waals surface area contributed by atoms with Crippen LogP contribution in [0.1, 0.15) is 11.4 Å². The smallest absolute Gasteiger partial charge is 0.436 e. The van der Waals surface area contributed by atoms with E-state index in [1.807, 2.05) is 0 Å². The van der Waals surface area contributed by atoms with Crippen molar-refractivity contribution >= 4 is 17.6 Å². The first-order valence-electron chi connectivity index (χ1n) is 4.81. The van der Waals surface area contributed by atoms with Crippen LogP contribution in [-0.2, 0) is 24.1 Å². The van der Waals surface area contributed by atoms with E-state index in [9.17, 15) is 18.0 Å². The molecule has 9 heteroatoms. The largest absolute Gasteiger partial charge is 0.480 e. The lowest BCUT2D eigenvalue weighted by atomic mass is 10.3. The van der Waals surface area contributed by atoms with Crippen molar-refractivity contribution in [1.29, 1.82) is 0 Å². The van der Waals surface area contributed by atoms with Crippen LogP contribution < -0.4 is 0 Å². The summed E-state index contributed by atoms with van der Waals surface area (Å²) in [6, 6.07) is 0. The predicted octanol–water partition coefficient (Wildman–Crippen LogP) is 1.70. The Labute approximate surface area is 106 Å². The fourth-order valence-corrected chi connectivity index (χ4v) is 1.67. The zero-order valence-corrected chi connectivity index (χ0v) is 10.4. The number of carbonyl (C=O) groups is 1. The molecular weight excluding hydrogens is 275 g/mol. The number of aromatic nitrogens is 2. The Bertz CT molecular complexity index is 457. The number of carboxylic acids is 1. The lowest BCUT2D eigenvalue weighted by Gasteiger charge is -2.11. The molecule has 0 bridgehead atoms. The summed E-state index contributed by atoms with van der Waals surface area (Å²) < 4.78 is 38.5. The van der Waals surface area contributed by atoms with E-state index in [-0.39, 0.29) is 12.2 Å². The number of nitrogens with zero attached hydrogens (tertiary/aromatic N) is 3. The zero-order valence-electron chi connectivity index (χ0n) is 9.62. The minimum atomic E-state index is -4.71. The highest BCUT2D eigenvalue weighted by Gasteiger charge is 2.39. The van der Waals surface area contributed by atoms with Gasteiger partial charge in [0.05, 0.1) is 10.7 Å². The Balaban J connectivity index is 3.26. The van der Waals surface area contributed by atoms with Crippen LogP contribution in [0.5, 0.6) is 0 Å². The van der Waals surface area contributed by atoms with Crippen molar-refractivity contribution in [3.8, 4) is 0 Å². The summed E-state index contributed by atoms with van der Waals surface area (Å²) in [6.45, 7) is -0.603. The number of rotatable bonds is 4. The molecule has 0 atom stereocenters. The lowest BCUT2D eigenvalue weighted by molar-refractivity contribution is -0.143. The molecule has 0 unspecified atom stereocenters. The Morgan fingerprint density at radius 3 is 2.44 bits per heavy atom. The standard InChI is InChI=1S/C9H11ClF3N3O2/c1-15(2)3-5-7(10)8(9(11,12)13)14-16(5)4-6(17)18/h3-4H2,1-2H3,(H,17,18). The lowest BCUT2D eigenvalue weighted by Crippen LogP contribution is -2.18. The molecule has 0 amide bonds. The molecule has 1 aromatic heterocycles. The van der Waals surface area contributed by atoms with Crippen LogP contribution >= 0.6 is 11.6 Å². The van der Waals surface area contributed by atoms with E-state index in [0.717, 1.165) is 4.68 Å². The molecular formula is C9H11ClF3N3O2. The van der Waals surface area contributed by atoms with Crippen LogP contribution in [0, 0.1) is 0 Å². The van der Waals surface area contributed by atoms with E-state index in [2.05, 4.69) is 5.10 Å². The average Bonchev–Trinajstić information content (AvgIpc) is 2.43. The van der Waals surface area contributed by atoms with E-state index >= 15 is 0 Å². The topological polar surface area (TPSA) is 58.4 Å². The van der Waals surface area contributed by atoms with Gasteiger partial charge in [-0.15, -0.1) is 0 Å². The van der Waals surface area contributed by atoms with Crippen molar-refractivity contribution in [2.24, 2.45) is 0 Å². The molecule has 102 valence electrons. The highest BCUT2D eigenvalue weighted by atomic mass is 35.5. The van der Waals surface area contributed by atoms with Crippen molar-refractivity contribution in [2.75, 3.05) is 14.1 Å². The Morgan fingerprint density at radius 1 is 1.50 bits per heavy atom. The maximum Gasteiger partial charge on any atom is 0.436 e. The second-order valence-corrected chi connectivity index (χ2v) is 4.27. The second-order valence-electron chi connectivity index (χ2n) is 3.90. The normalized spacial score (nSPS) is 12.2. The third-order valence-electron chi connectivity index (χ3n) is 2.01. The molecule has 18 heavy (non-hydrogen) atoms. The molecule has 0 aromatic carbocycles. The van der Waals surface area contributed by atoms with Crippen molar-refractivity contribution in [3.05, 3.63) is 16.4 Å². The fraction of sp³-hybridized carbons (Fsp3) is 0.556. The first-order chi connectivity index (χ1) is 8.12. The van der Waals surface area contributed by atoms with E-state index in [1.165, 1.54) is 0 Å². The molecule has 0 spiro atoms. The summed E-state index contributed by atoms with van der Waals surface area (Å²) in [7, 11) is 3.25. The number of aliphatic carboxylic acids is 1. The minimum absolute atomic E-state index is 0.0244. The summed E-state index contributed by atoms with van der Waals surface area (Å²) in [5, 5.41) is 11.3. The minimum Gasteiger partial charge on any atom is -0.480 e. The second kappa shape index (κ2) is 5.15. The molecule has 0 saturated carbocycles. The monoisotopic (exact) mass is 285 g/mol. The molecule has 1 aromatic rings. The molecule has 0 aliphatic heterocycles. The fourth-order valence-electron chi connectivity index (χ4n) is 1.37. The highest BCUT2D eigenvalue weighted by Crippen LogP contribution is 2.35. The van der Waals surface area contributed by atoms with Gasteiger partial charge < -0.3 is 10.0 Å². The Kier molecular flexibility index (Phi) is 4.23. The quantitative estimate of drug-likeness (QED) is 0.915. The molecule has 1 N–H and O–H groups in total. The number of carboxylic acid groups (broad SMARTS) is 1. The number of halogens is 4. The average molecular weight is 286 g/mol. The van der Waals surface area contributed by atoms with Crippen LogP contribution in [0.2, 0.25) is 5.02 Å². The van der Waals surface area contributed by atoms with Crippen LogP contribution in [-0.4, -0.2) is 39.9 Å². The van der Waals surface area contributed by atoms with E-state index in [4.69, 9.17) is 16.7 Å². The number of hydrogen-bond donors (Lipinski definition) is 1. The van der Waals surface area contributed by atoms with Gasteiger partial charge >= 0.3 is 12.1 Å². The summed E-state index contributed by atoms with van der Waals surface area (Å²) in [6.07, 6.45) is -4.71. The van der Waals surface area contributed by atoms with Crippen LogP contribution in [0.25, 0.3) is 0 Å². The van der Waals surface area contributed by atoms with Crippen molar-refractivity contribution in [3.63, 3.8) is 0 Å². The number of hydrogen-bond acceptors (Lipinski definition) is 3. The maximum absolute atomic E-state index is 12.6. The molecule has 0 aliphatic carbocycles. The molecule has 5 nitrogen and oxygen atoms in total. The van der Waals surface area contributed by atoms with Gasteiger partial charge in [-0.25, -0.2) is 0 Å². The first-order valence-corrected chi connectivity index (χ1v) is 5.19. The SMILES string of the molecule is CN(C)Cc1c(Cl)c(C(F)(F)F)nn1CC(=O)O. The van der Waals surface area contributed by atoms with Gasteiger partial charge in [0.15, 0.2) is 5.69 Å². The van der Waals surface area contributed by atoms with Gasteiger partial charge in [-0.1, -0.05) is 11.6 Å². The molecule has 0 fully saturated rings. The predicted molar refractivity (Wildman–Crippen MR) is 57.3 cm³/mol. The van der Waals surface area contributed by atoms with Gasteiger partial charge in [-0.2, -0.15) is 18.3 Å². The molecule has 0 radical (unpaired) electrons. The first kappa shape index (κ1) is 14.8. The molecule has 0 aliphatic rings. The van der Waals surface area contributed by atoms with Gasteiger partial charge in [0.2, 0.25) is 0 Å². The Morgan fingerprint density at radius 2 is 2.06 bits per heavy atom. The third kappa shape index (κ3) is 3.36. The summed E-state index contributed by atoms with van der Waals surface area (Å²) in [5.74, 6) is -1.29. The summed E-state index contributed by atoms with van der Waals surface area (Å²) >= 11 is 5.62. The van der Waals surface area contributed by atoms with Crippen molar-refractivity contribution in [1.82, 2.24) is 14.7 Å². The maximum atomic E-state index is 12.6. The van der Waals surface area contributed by atoms with Gasteiger partial charge in [0.1, 0.15) is 6.54 Å². The Hall–Kier alpha value is -1.28. The van der Waals surface area contributed by atoms with E-state index in [1.54, 1.807) is 19.0 Å². The van der Waals surface area contributed by atoms with Crippen LogP contribution in [0.4, 0.5) is 13.2 Å². The zero-order chi connectivity index (χ0) is 14.1. The molecule has 1 rings (SSSR count). The number of alkyl halides is 3. The summed E-state index contributed by atoms with van der Waals surface area (Å²) in [5.41, 5.74) is -1.24.